The molecular formula is C27H31N5O5. The van der Waals surface area contributed by atoms with Gasteiger partial charge in [-0.3, -0.25) is 14.5 Å². The van der Waals surface area contributed by atoms with E-state index in [1.54, 1.807) is 19.2 Å². The van der Waals surface area contributed by atoms with Crippen molar-refractivity contribution in [3.8, 4) is 11.5 Å². The van der Waals surface area contributed by atoms with Crippen LogP contribution in [-0.4, -0.2) is 70.6 Å². The van der Waals surface area contributed by atoms with Crippen molar-refractivity contribution in [2.75, 3.05) is 26.7 Å². The van der Waals surface area contributed by atoms with Crippen LogP contribution in [0.5, 0.6) is 11.5 Å². The number of nitrogens with one attached hydrogen (secondary N) is 1. The van der Waals surface area contributed by atoms with Crippen molar-refractivity contribution in [2.24, 2.45) is 0 Å². The zero-order valence-corrected chi connectivity index (χ0v) is 21.3. The minimum absolute atomic E-state index is 0.0747. The Balaban J connectivity index is 1.39. The number of likely N-dealkylation sites (tertiary alicyclic amines) is 1. The second-order valence-corrected chi connectivity index (χ2v) is 9.55. The summed E-state index contributed by atoms with van der Waals surface area (Å²) in [5.74, 6) is 1.88. The highest BCUT2D eigenvalue weighted by Crippen LogP contribution is 2.28. The third-order valence-electron chi connectivity index (χ3n) is 6.61. The van der Waals surface area contributed by atoms with Gasteiger partial charge in [0.05, 0.1) is 31.8 Å². The normalized spacial score (nSPS) is 20.9. The number of aromatic nitrogens is 2. The summed E-state index contributed by atoms with van der Waals surface area (Å²) < 4.78 is 18.1. The van der Waals surface area contributed by atoms with Crippen LogP contribution in [0.25, 0.3) is 0 Å². The Morgan fingerprint density at radius 1 is 1.08 bits per heavy atom. The summed E-state index contributed by atoms with van der Waals surface area (Å²) in [4.78, 5) is 29.6. The third-order valence-corrected chi connectivity index (χ3v) is 6.61. The second-order valence-electron chi connectivity index (χ2n) is 9.55. The van der Waals surface area contributed by atoms with Gasteiger partial charge in [0.15, 0.2) is 0 Å². The van der Waals surface area contributed by atoms with Gasteiger partial charge in [0.2, 0.25) is 17.7 Å². The van der Waals surface area contributed by atoms with Crippen molar-refractivity contribution in [2.45, 2.75) is 45.6 Å². The van der Waals surface area contributed by atoms with Crippen molar-refractivity contribution in [3.63, 3.8) is 0 Å². The SMILES string of the molecule is CCc1nnc(CN2C[C@@H]3NC(=O)CN(C)C(=O)c4ccc(C)c(c4)Oc4cccc(c4)CO[C@H]3C2)o1. The molecule has 1 saturated heterocycles. The molecule has 2 atom stereocenters. The molecule has 0 saturated carbocycles. The second kappa shape index (κ2) is 10.7. The Labute approximate surface area is 215 Å². The summed E-state index contributed by atoms with van der Waals surface area (Å²) in [6.07, 6.45) is 0.418. The number of ether oxygens (including phenoxy) is 2. The van der Waals surface area contributed by atoms with E-state index in [2.05, 4.69) is 20.4 Å². The lowest BCUT2D eigenvalue weighted by molar-refractivity contribution is -0.123. The molecule has 1 fully saturated rings. The summed E-state index contributed by atoms with van der Waals surface area (Å²) in [6, 6.07) is 12.7. The molecule has 2 aliphatic heterocycles. The topological polar surface area (TPSA) is 110 Å². The van der Waals surface area contributed by atoms with E-state index < -0.39 is 0 Å². The highest BCUT2D eigenvalue weighted by molar-refractivity contribution is 5.96. The highest BCUT2D eigenvalue weighted by atomic mass is 16.5. The minimum Gasteiger partial charge on any atom is -0.457 e. The first-order valence-corrected chi connectivity index (χ1v) is 12.5. The van der Waals surface area contributed by atoms with Gasteiger partial charge in [0.1, 0.15) is 11.5 Å². The lowest BCUT2D eigenvalue weighted by Crippen LogP contribution is -2.48. The van der Waals surface area contributed by atoms with Crippen molar-refractivity contribution < 1.29 is 23.5 Å². The van der Waals surface area contributed by atoms with E-state index in [-0.39, 0.29) is 30.5 Å². The fourth-order valence-electron chi connectivity index (χ4n) is 4.61. The van der Waals surface area contributed by atoms with Crippen LogP contribution in [0.15, 0.2) is 46.9 Å². The maximum Gasteiger partial charge on any atom is 0.254 e. The molecule has 5 rings (SSSR count). The summed E-state index contributed by atoms with van der Waals surface area (Å²) >= 11 is 0. The van der Waals surface area contributed by atoms with E-state index in [0.717, 1.165) is 11.1 Å². The fraction of sp³-hybridized carbons (Fsp3) is 0.407. The number of nitrogens with zero attached hydrogens (tertiary/aromatic N) is 4. The van der Waals surface area contributed by atoms with Gasteiger partial charge in [-0.1, -0.05) is 25.1 Å². The van der Waals surface area contributed by atoms with E-state index >= 15 is 0 Å². The predicted molar refractivity (Wildman–Crippen MR) is 134 cm³/mol. The van der Waals surface area contributed by atoms with Gasteiger partial charge in [-0.25, -0.2) is 0 Å². The van der Waals surface area contributed by atoms with Crippen LogP contribution in [0.1, 0.15) is 40.2 Å². The Bertz CT molecular complexity index is 1290. The molecule has 37 heavy (non-hydrogen) atoms. The van der Waals surface area contributed by atoms with Crippen LogP contribution in [-0.2, 0) is 29.1 Å². The molecule has 0 unspecified atom stereocenters. The quantitative estimate of drug-likeness (QED) is 0.579. The van der Waals surface area contributed by atoms with E-state index in [0.29, 0.717) is 61.5 Å². The average molecular weight is 506 g/mol. The smallest absolute Gasteiger partial charge is 0.254 e. The van der Waals surface area contributed by atoms with Crippen LogP contribution in [0.3, 0.4) is 0 Å². The van der Waals surface area contributed by atoms with Gasteiger partial charge in [0.25, 0.3) is 5.91 Å². The molecular weight excluding hydrogens is 474 g/mol. The summed E-state index contributed by atoms with van der Waals surface area (Å²) in [5.41, 5.74) is 2.31. The van der Waals surface area contributed by atoms with Gasteiger partial charge in [0, 0.05) is 32.1 Å². The Kier molecular flexibility index (Phi) is 7.20. The standard InChI is InChI=1S/C27H31N5O5/c1-4-25-29-30-26(37-25)15-32-12-21-23(13-32)35-16-18-6-5-7-20(10-18)36-22-11-19(9-8-17(22)2)27(34)31(3)14-24(33)28-21/h5-11,21,23H,4,12-16H2,1-3H3,(H,28,33)/t21-,23-/m0/s1. The van der Waals surface area contributed by atoms with Gasteiger partial charge in [-0.15, -0.1) is 10.2 Å². The van der Waals surface area contributed by atoms with Crippen LogP contribution < -0.4 is 10.1 Å². The molecule has 0 spiro atoms. The molecule has 10 nitrogen and oxygen atoms in total. The fourth-order valence-corrected chi connectivity index (χ4v) is 4.61. The Morgan fingerprint density at radius 3 is 2.73 bits per heavy atom. The van der Waals surface area contributed by atoms with E-state index in [1.165, 1.54) is 4.90 Å². The van der Waals surface area contributed by atoms with Crippen molar-refractivity contribution in [3.05, 3.63) is 70.9 Å². The molecule has 2 aliphatic rings. The zero-order valence-electron chi connectivity index (χ0n) is 21.3. The number of carbonyl (C=O) groups is 2. The van der Waals surface area contributed by atoms with E-state index in [4.69, 9.17) is 13.9 Å². The van der Waals surface area contributed by atoms with Crippen molar-refractivity contribution >= 4 is 11.8 Å². The lowest BCUT2D eigenvalue weighted by atomic mass is 10.1. The number of fused-ring (bicyclic) bond motifs is 5. The number of hydrogen-bond donors (Lipinski definition) is 1. The summed E-state index contributed by atoms with van der Waals surface area (Å²) in [7, 11) is 1.62. The molecule has 1 aromatic heterocycles. The maximum absolute atomic E-state index is 13.1. The largest absolute Gasteiger partial charge is 0.457 e. The number of amides is 2. The van der Waals surface area contributed by atoms with Crippen LogP contribution in [0.2, 0.25) is 0 Å². The van der Waals surface area contributed by atoms with Gasteiger partial charge >= 0.3 is 0 Å². The number of carbonyl (C=O) groups excluding carboxylic acids is 2. The Morgan fingerprint density at radius 2 is 1.92 bits per heavy atom. The molecule has 4 bridgehead atoms. The zero-order chi connectivity index (χ0) is 25.9. The number of benzene rings is 2. The molecule has 3 aromatic rings. The first kappa shape index (κ1) is 24.9. The number of hydrogen-bond acceptors (Lipinski definition) is 8. The molecule has 10 heteroatoms. The summed E-state index contributed by atoms with van der Waals surface area (Å²) in [5, 5.41) is 11.2. The first-order valence-electron chi connectivity index (χ1n) is 12.5. The molecule has 0 aliphatic carbocycles. The van der Waals surface area contributed by atoms with Crippen molar-refractivity contribution in [1.29, 1.82) is 0 Å². The average Bonchev–Trinajstić information content (AvgIpc) is 3.49. The van der Waals surface area contributed by atoms with E-state index in [1.807, 2.05) is 44.2 Å². The predicted octanol–water partition coefficient (Wildman–Crippen LogP) is 2.70. The van der Waals surface area contributed by atoms with Crippen LogP contribution in [0.4, 0.5) is 0 Å². The van der Waals surface area contributed by atoms with Crippen LogP contribution in [0, 0.1) is 6.92 Å². The molecule has 194 valence electrons. The van der Waals surface area contributed by atoms with E-state index in [9.17, 15) is 9.59 Å². The molecule has 3 heterocycles. The Hall–Kier alpha value is -3.76. The van der Waals surface area contributed by atoms with Gasteiger partial charge in [-0.2, -0.15) is 0 Å². The molecule has 0 radical (unpaired) electrons. The number of likely N-dealkylation sites (N-methyl/N-ethyl adjacent to an activating group) is 1. The van der Waals surface area contributed by atoms with Gasteiger partial charge in [-0.05, 0) is 42.3 Å². The number of aryl methyl sites for hydroxylation is 2. The third kappa shape index (κ3) is 5.81. The minimum atomic E-state index is -0.261. The highest BCUT2D eigenvalue weighted by Gasteiger charge is 2.35. The lowest BCUT2D eigenvalue weighted by Gasteiger charge is -2.23. The van der Waals surface area contributed by atoms with Crippen LogP contribution >= 0.6 is 0 Å². The monoisotopic (exact) mass is 505 g/mol. The van der Waals surface area contributed by atoms with Gasteiger partial charge < -0.3 is 24.1 Å². The summed E-state index contributed by atoms with van der Waals surface area (Å²) in [6.45, 7) is 5.79. The molecule has 2 aromatic carbocycles. The van der Waals surface area contributed by atoms with Crippen molar-refractivity contribution in [1.82, 2.24) is 25.3 Å². The maximum atomic E-state index is 13.1. The number of rotatable bonds is 3. The first-order chi connectivity index (χ1) is 17.9. The molecule has 2 amide bonds. The molecule has 1 N–H and O–H groups in total.